The predicted octanol–water partition coefficient (Wildman–Crippen LogP) is 9.14. The highest BCUT2D eigenvalue weighted by molar-refractivity contribution is 6.24. The van der Waals surface area contributed by atoms with Crippen molar-refractivity contribution in [3.8, 4) is 0 Å². The highest BCUT2D eigenvalue weighted by Gasteiger charge is 2.25. The van der Waals surface area contributed by atoms with E-state index in [0.717, 1.165) is 49.7 Å². The molecule has 1 aliphatic rings. The number of rotatable bonds is 11. The van der Waals surface area contributed by atoms with Crippen LogP contribution in [0.3, 0.4) is 0 Å². The lowest BCUT2D eigenvalue weighted by Crippen LogP contribution is -2.17. The molecule has 0 radical (unpaired) electrons. The van der Waals surface area contributed by atoms with Gasteiger partial charge >= 0.3 is 0 Å². The average Bonchev–Trinajstić information content (AvgIpc) is 2.76. The van der Waals surface area contributed by atoms with Gasteiger partial charge in [-0.1, -0.05) is 46.6 Å². The van der Waals surface area contributed by atoms with E-state index in [1.54, 1.807) is 0 Å². The third-order valence-electron chi connectivity index (χ3n) is 6.57. The van der Waals surface area contributed by atoms with Crippen molar-refractivity contribution in [1.29, 1.82) is 0 Å². The second kappa shape index (κ2) is 13.2. The van der Waals surface area contributed by atoms with Crippen LogP contribution in [-0.4, -0.2) is 11.6 Å². The van der Waals surface area contributed by atoms with E-state index < -0.39 is 0 Å². The Morgan fingerprint density at radius 3 is 1.68 bits per heavy atom. The van der Waals surface area contributed by atoms with Crippen molar-refractivity contribution in [2.45, 2.75) is 93.4 Å². The Labute approximate surface area is 207 Å². The number of carbonyl (C=O) groups excluding carboxylic acids is 2. The highest BCUT2D eigenvalue weighted by atomic mass is 16.1. The molecule has 0 amide bonds. The van der Waals surface area contributed by atoms with Crippen LogP contribution in [0.25, 0.3) is 0 Å². The molecule has 0 fully saturated rings. The summed E-state index contributed by atoms with van der Waals surface area (Å²) in [5.41, 5.74) is 9.33. The molecule has 34 heavy (non-hydrogen) atoms. The van der Waals surface area contributed by atoms with Crippen LogP contribution in [0.15, 0.2) is 70.4 Å². The summed E-state index contributed by atoms with van der Waals surface area (Å²) in [6.45, 7) is 14.8. The molecule has 0 atom stereocenters. The summed E-state index contributed by atoms with van der Waals surface area (Å²) in [6, 6.07) is 3.71. The monoisotopic (exact) mass is 458 g/mol. The summed E-state index contributed by atoms with van der Waals surface area (Å²) in [5, 5.41) is 0. The molecule has 1 aliphatic carbocycles. The van der Waals surface area contributed by atoms with Crippen molar-refractivity contribution >= 4 is 11.6 Å². The lowest BCUT2D eigenvalue weighted by atomic mass is 9.85. The number of carbonyl (C=O) groups is 2. The summed E-state index contributed by atoms with van der Waals surface area (Å²) in [4.78, 5) is 25.5. The summed E-state index contributed by atoms with van der Waals surface area (Å²) in [7, 11) is 0. The number of Topliss-reactive ketones (excluding diaryl/α,β-unsaturated/α-hetero) is 1. The maximum Gasteiger partial charge on any atom is 0.190 e. The zero-order chi connectivity index (χ0) is 25.3. The molecule has 0 heterocycles. The number of fused-ring (bicyclic) bond motifs is 1. The fraction of sp³-hybridized carbons (Fsp3) is 0.438. The summed E-state index contributed by atoms with van der Waals surface area (Å²) < 4.78 is 0. The summed E-state index contributed by atoms with van der Waals surface area (Å²) in [6.07, 6.45) is 17.6. The Morgan fingerprint density at radius 1 is 0.676 bits per heavy atom. The van der Waals surface area contributed by atoms with Gasteiger partial charge in [0.1, 0.15) is 0 Å². The maximum absolute atomic E-state index is 12.9. The van der Waals surface area contributed by atoms with Crippen molar-refractivity contribution in [3.05, 3.63) is 92.6 Å². The van der Waals surface area contributed by atoms with Gasteiger partial charge in [-0.2, -0.15) is 0 Å². The van der Waals surface area contributed by atoms with Crippen molar-refractivity contribution in [2.75, 3.05) is 0 Å². The molecule has 2 rings (SSSR count). The fourth-order valence-corrected chi connectivity index (χ4v) is 4.11. The van der Waals surface area contributed by atoms with E-state index in [1.807, 2.05) is 26.0 Å². The van der Waals surface area contributed by atoms with Crippen LogP contribution >= 0.6 is 0 Å². The van der Waals surface area contributed by atoms with Crippen LogP contribution in [-0.2, 0) is 0 Å². The minimum Gasteiger partial charge on any atom is -0.289 e. The molecule has 1 aromatic carbocycles. The van der Waals surface area contributed by atoms with E-state index in [4.69, 9.17) is 0 Å². The van der Waals surface area contributed by atoms with Crippen LogP contribution in [0.2, 0.25) is 0 Å². The summed E-state index contributed by atoms with van der Waals surface area (Å²) >= 11 is 0. The Hall–Kier alpha value is -2.74. The van der Waals surface area contributed by atoms with E-state index in [2.05, 4.69) is 58.9 Å². The zero-order valence-corrected chi connectivity index (χ0v) is 22.3. The molecule has 0 bridgehead atoms. The van der Waals surface area contributed by atoms with Gasteiger partial charge in [0.15, 0.2) is 11.6 Å². The van der Waals surface area contributed by atoms with Crippen LogP contribution in [0.5, 0.6) is 0 Å². The average molecular weight is 459 g/mol. The molecule has 0 aromatic heterocycles. The maximum atomic E-state index is 12.9. The molecular weight excluding hydrogens is 416 g/mol. The lowest BCUT2D eigenvalue weighted by Gasteiger charge is -2.16. The van der Waals surface area contributed by atoms with Gasteiger partial charge in [-0.15, -0.1) is 0 Å². The fourth-order valence-electron chi connectivity index (χ4n) is 4.11. The molecule has 0 unspecified atom stereocenters. The number of ketones is 2. The SMILES string of the molecule is CC(C)=CCCC(C)=CCCC(C)=CCCC(C)=CCC1=CC(=O)c2cc(C)c(C)cc2C1=O. The van der Waals surface area contributed by atoms with E-state index >= 15 is 0 Å². The normalized spacial score (nSPS) is 14.8. The first-order chi connectivity index (χ1) is 16.1. The second-order valence-corrected chi connectivity index (χ2v) is 10.1. The molecule has 2 heteroatoms. The molecular formula is C32H42O2. The molecule has 0 aliphatic heterocycles. The molecule has 0 saturated carbocycles. The third kappa shape index (κ3) is 8.56. The first-order valence-electron chi connectivity index (χ1n) is 12.6. The van der Waals surface area contributed by atoms with Gasteiger partial charge in [0.2, 0.25) is 0 Å². The predicted molar refractivity (Wildman–Crippen MR) is 146 cm³/mol. The van der Waals surface area contributed by atoms with Crippen LogP contribution in [0.4, 0.5) is 0 Å². The van der Waals surface area contributed by atoms with Gasteiger partial charge in [-0.05, 0) is 123 Å². The van der Waals surface area contributed by atoms with Gasteiger partial charge in [0.25, 0.3) is 0 Å². The smallest absolute Gasteiger partial charge is 0.190 e. The van der Waals surface area contributed by atoms with Gasteiger partial charge in [0.05, 0.1) is 0 Å². The largest absolute Gasteiger partial charge is 0.289 e. The van der Waals surface area contributed by atoms with E-state index in [9.17, 15) is 9.59 Å². The van der Waals surface area contributed by atoms with Crippen LogP contribution < -0.4 is 0 Å². The molecule has 2 nitrogen and oxygen atoms in total. The van der Waals surface area contributed by atoms with Crippen LogP contribution in [0, 0.1) is 13.8 Å². The molecule has 1 aromatic rings. The second-order valence-electron chi connectivity index (χ2n) is 10.1. The van der Waals surface area contributed by atoms with Crippen molar-refractivity contribution < 1.29 is 9.59 Å². The molecule has 0 spiro atoms. The molecule has 0 N–H and O–H groups in total. The Morgan fingerprint density at radius 2 is 1.15 bits per heavy atom. The first kappa shape index (κ1) is 27.5. The Balaban J connectivity index is 1.83. The van der Waals surface area contributed by atoms with Gasteiger partial charge < -0.3 is 0 Å². The minimum absolute atomic E-state index is 0.0123. The van der Waals surface area contributed by atoms with Crippen LogP contribution in [0.1, 0.15) is 111 Å². The van der Waals surface area contributed by atoms with Crippen molar-refractivity contribution in [2.24, 2.45) is 0 Å². The highest BCUT2D eigenvalue weighted by Crippen LogP contribution is 2.26. The number of allylic oxidation sites excluding steroid dienone is 10. The Bertz CT molecular complexity index is 1070. The van der Waals surface area contributed by atoms with E-state index in [0.29, 0.717) is 23.1 Å². The molecule has 182 valence electrons. The quantitative estimate of drug-likeness (QED) is 0.310. The van der Waals surface area contributed by atoms with Gasteiger partial charge in [-0.25, -0.2) is 0 Å². The van der Waals surface area contributed by atoms with Gasteiger partial charge in [-0.3, -0.25) is 9.59 Å². The zero-order valence-electron chi connectivity index (χ0n) is 22.3. The Kier molecular flexibility index (Phi) is 10.7. The number of aryl methyl sites for hydroxylation is 2. The number of hydrogen-bond acceptors (Lipinski definition) is 2. The van der Waals surface area contributed by atoms with E-state index in [-0.39, 0.29) is 11.6 Å². The standard InChI is InChI=1S/C32H42O2/c1-22(2)11-8-12-23(3)13-9-14-24(4)15-10-16-25(5)17-18-28-21-31(33)29-19-26(6)27(7)20-30(29)32(28)34/h11,13,15,17,19-21H,8-10,12,14,16,18H2,1-7H3. The lowest BCUT2D eigenvalue weighted by molar-refractivity contribution is 0.0982. The van der Waals surface area contributed by atoms with Gasteiger partial charge in [0, 0.05) is 16.7 Å². The minimum atomic E-state index is -0.0569. The van der Waals surface area contributed by atoms with E-state index in [1.165, 1.54) is 28.4 Å². The topological polar surface area (TPSA) is 34.1 Å². The van der Waals surface area contributed by atoms with Crippen molar-refractivity contribution in [1.82, 2.24) is 0 Å². The number of hydrogen-bond donors (Lipinski definition) is 0. The third-order valence-corrected chi connectivity index (χ3v) is 6.57. The van der Waals surface area contributed by atoms with Crippen molar-refractivity contribution in [3.63, 3.8) is 0 Å². The first-order valence-corrected chi connectivity index (χ1v) is 12.6. The molecule has 0 saturated heterocycles. The number of benzene rings is 1. The summed E-state index contributed by atoms with van der Waals surface area (Å²) in [5.74, 6) is -0.0692.